The van der Waals surface area contributed by atoms with Crippen LogP contribution in [0.15, 0.2) is 6.20 Å². The molecule has 82 valence electrons. The molecule has 1 aromatic heterocycles. The second-order valence-corrected chi connectivity index (χ2v) is 2.79. The molecular weight excluding hydrogens is 213 g/mol. The molecule has 0 unspecified atom stereocenters. The summed E-state index contributed by atoms with van der Waals surface area (Å²) in [6, 6.07) is 0. The summed E-state index contributed by atoms with van der Waals surface area (Å²) >= 11 is 0. The summed E-state index contributed by atoms with van der Waals surface area (Å²) in [4.78, 5) is 17.8. The molecule has 0 bridgehead atoms. The van der Waals surface area contributed by atoms with E-state index in [4.69, 9.17) is 0 Å². The number of nitrogens with zero attached hydrogens (tertiary/aromatic N) is 2. The molecule has 0 aliphatic carbocycles. The summed E-state index contributed by atoms with van der Waals surface area (Å²) < 4.78 is 39.6. The summed E-state index contributed by atoms with van der Waals surface area (Å²) in [6.45, 7) is 2.92. The number of rotatable bonds is 1. The standard InChI is InChI=1S/C8H7F3N2O2/c1-4-3-12-5(2)6(13-4)15-7(14)8(9,10)11/h3H,1-2H3. The average Bonchev–Trinajstić information content (AvgIpc) is 2.09. The molecule has 0 atom stereocenters. The maximum atomic E-state index is 11.8. The zero-order valence-electron chi connectivity index (χ0n) is 7.92. The van der Waals surface area contributed by atoms with Gasteiger partial charge in [-0.25, -0.2) is 9.78 Å². The van der Waals surface area contributed by atoms with Crippen LogP contribution in [0.1, 0.15) is 11.4 Å². The number of hydrogen-bond acceptors (Lipinski definition) is 4. The molecule has 7 heteroatoms. The lowest BCUT2D eigenvalue weighted by Crippen LogP contribution is -2.28. The van der Waals surface area contributed by atoms with Gasteiger partial charge < -0.3 is 4.74 Å². The van der Waals surface area contributed by atoms with Crippen LogP contribution in [0.5, 0.6) is 5.88 Å². The normalized spacial score (nSPS) is 11.3. The SMILES string of the molecule is Cc1cnc(C)c(OC(=O)C(F)(F)F)n1. The molecule has 0 radical (unpaired) electrons. The van der Waals surface area contributed by atoms with E-state index in [1.807, 2.05) is 0 Å². The fourth-order valence-electron chi connectivity index (χ4n) is 0.758. The molecule has 15 heavy (non-hydrogen) atoms. The van der Waals surface area contributed by atoms with Gasteiger partial charge in [-0.1, -0.05) is 0 Å². The maximum absolute atomic E-state index is 11.8. The Morgan fingerprint density at radius 2 is 2.00 bits per heavy atom. The lowest BCUT2D eigenvalue weighted by molar-refractivity contribution is -0.190. The first kappa shape index (κ1) is 11.4. The van der Waals surface area contributed by atoms with E-state index < -0.39 is 18.0 Å². The molecule has 0 amide bonds. The summed E-state index contributed by atoms with van der Waals surface area (Å²) in [5.41, 5.74) is 0.490. The van der Waals surface area contributed by atoms with E-state index in [9.17, 15) is 18.0 Å². The number of aryl methyl sites for hydroxylation is 2. The minimum atomic E-state index is -5.03. The Morgan fingerprint density at radius 3 is 2.53 bits per heavy atom. The third-order valence-corrected chi connectivity index (χ3v) is 1.45. The number of esters is 1. The minimum Gasteiger partial charge on any atom is -0.399 e. The van der Waals surface area contributed by atoms with Crippen LogP contribution in [0, 0.1) is 13.8 Å². The molecule has 0 saturated carbocycles. The zero-order chi connectivity index (χ0) is 11.6. The van der Waals surface area contributed by atoms with Gasteiger partial charge in [0.25, 0.3) is 0 Å². The summed E-state index contributed by atoms with van der Waals surface area (Å²) in [5.74, 6) is -2.72. The van der Waals surface area contributed by atoms with Crippen molar-refractivity contribution >= 4 is 5.97 Å². The van der Waals surface area contributed by atoms with Crippen LogP contribution in [-0.2, 0) is 4.79 Å². The van der Waals surface area contributed by atoms with Crippen molar-refractivity contribution in [3.05, 3.63) is 17.6 Å². The highest BCUT2D eigenvalue weighted by Gasteiger charge is 2.41. The Hall–Kier alpha value is -1.66. The average molecular weight is 220 g/mol. The van der Waals surface area contributed by atoms with Crippen molar-refractivity contribution in [1.82, 2.24) is 9.97 Å². The molecule has 0 saturated heterocycles. The molecule has 1 aromatic rings. The predicted octanol–water partition coefficient (Wildman–Crippen LogP) is 1.56. The number of ether oxygens (including phenoxy) is 1. The van der Waals surface area contributed by atoms with Gasteiger partial charge in [-0.2, -0.15) is 13.2 Å². The van der Waals surface area contributed by atoms with E-state index in [-0.39, 0.29) is 5.69 Å². The zero-order valence-corrected chi connectivity index (χ0v) is 7.92. The monoisotopic (exact) mass is 220 g/mol. The van der Waals surface area contributed by atoms with Gasteiger partial charge in [0.2, 0.25) is 5.88 Å². The van der Waals surface area contributed by atoms with E-state index in [1.165, 1.54) is 20.0 Å². The van der Waals surface area contributed by atoms with Crippen LogP contribution in [0.3, 0.4) is 0 Å². The van der Waals surface area contributed by atoms with Crippen LogP contribution in [0.25, 0.3) is 0 Å². The first-order valence-corrected chi connectivity index (χ1v) is 3.90. The number of halogens is 3. The third kappa shape index (κ3) is 2.90. The molecule has 0 aliphatic rings. The highest BCUT2D eigenvalue weighted by atomic mass is 19.4. The highest BCUT2D eigenvalue weighted by molar-refractivity contribution is 5.77. The van der Waals surface area contributed by atoms with Gasteiger partial charge in [0.1, 0.15) is 0 Å². The minimum absolute atomic E-state index is 0.123. The van der Waals surface area contributed by atoms with Crippen molar-refractivity contribution in [2.24, 2.45) is 0 Å². The Morgan fingerprint density at radius 1 is 1.40 bits per heavy atom. The molecule has 0 fully saturated rings. The van der Waals surface area contributed by atoms with Crippen molar-refractivity contribution in [3.63, 3.8) is 0 Å². The predicted molar refractivity (Wildman–Crippen MR) is 43.2 cm³/mol. The lowest BCUT2D eigenvalue weighted by atomic mass is 10.4. The van der Waals surface area contributed by atoms with E-state index in [2.05, 4.69) is 14.7 Å². The second-order valence-electron chi connectivity index (χ2n) is 2.79. The van der Waals surface area contributed by atoms with Crippen LogP contribution >= 0.6 is 0 Å². The number of alkyl halides is 3. The second kappa shape index (κ2) is 3.84. The molecule has 0 aromatic carbocycles. The largest absolute Gasteiger partial charge is 0.491 e. The molecular formula is C8H7F3N2O2. The maximum Gasteiger partial charge on any atom is 0.491 e. The van der Waals surface area contributed by atoms with Gasteiger partial charge in [-0.15, -0.1) is 0 Å². The Labute approximate surface area is 83.1 Å². The molecule has 1 heterocycles. The van der Waals surface area contributed by atoms with Crippen LogP contribution in [-0.4, -0.2) is 22.1 Å². The molecule has 4 nitrogen and oxygen atoms in total. The Bertz CT molecular complexity index is 390. The molecule has 0 N–H and O–H groups in total. The topological polar surface area (TPSA) is 52.1 Å². The third-order valence-electron chi connectivity index (χ3n) is 1.45. The fourth-order valence-corrected chi connectivity index (χ4v) is 0.758. The molecule has 0 aliphatic heterocycles. The van der Waals surface area contributed by atoms with Gasteiger partial charge in [0, 0.05) is 6.20 Å². The van der Waals surface area contributed by atoms with Gasteiger partial charge in [0.15, 0.2) is 0 Å². The van der Waals surface area contributed by atoms with Gasteiger partial charge in [0.05, 0.1) is 11.4 Å². The quantitative estimate of drug-likeness (QED) is 0.674. The van der Waals surface area contributed by atoms with E-state index >= 15 is 0 Å². The van der Waals surface area contributed by atoms with Gasteiger partial charge >= 0.3 is 12.1 Å². The van der Waals surface area contributed by atoms with Crippen LogP contribution in [0.2, 0.25) is 0 Å². The number of carbonyl (C=O) groups excluding carboxylic acids is 1. The smallest absolute Gasteiger partial charge is 0.399 e. The Balaban J connectivity index is 2.90. The van der Waals surface area contributed by atoms with Crippen molar-refractivity contribution in [1.29, 1.82) is 0 Å². The van der Waals surface area contributed by atoms with E-state index in [0.29, 0.717) is 5.69 Å². The number of hydrogen-bond donors (Lipinski definition) is 0. The number of aromatic nitrogens is 2. The summed E-state index contributed by atoms with van der Waals surface area (Å²) in [5, 5.41) is 0. The first-order valence-electron chi connectivity index (χ1n) is 3.90. The van der Waals surface area contributed by atoms with Crippen molar-refractivity contribution in [2.75, 3.05) is 0 Å². The first-order chi connectivity index (χ1) is 6.80. The van der Waals surface area contributed by atoms with E-state index in [0.717, 1.165) is 0 Å². The highest BCUT2D eigenvalue weighted by Crippen LogP contribution is 2.20. The van der Waals surface area contributed by atoms with E-state index in [1.54, 1.807) is 0 Å². The summed E-state index contributed by atoms with van der Waals surface area (Å²) in [7, 11) is 0. The van der Waals surface area contributed by atoms with Crippen molar-refractivity contribution in [2.45, 2.75) is 20.0 Å². The molecule has 1 rings (SSSR count). The molecule has 0 spiro atoms. The van der Waals surface area contributed by atoms with Crippen LogP contribution < -0.4 is 4.74 Å². The summed E-state index contributed by atoms with van der Waals surface area (Å²) in [6.07, 6.45) is -3.67. The van der Waals surface area contributed by atoms with Crippen molar-refractivity contribution < 1.29 is 22.7 Å². The lowest BCUT2D eigenvalue weighted by Gasteiger charge is -2.07. The van der Waals surface area contributed by atoms with Crippen molar-refractivity contribution in [3.8, 4) is 5.88 Å². The fraction of sp³-hybridized carbons (Fsp3) is 0.375. The van der Waals surface area contributed by atoms with Crippen LogP contribution in [0.4, 0.5) is 13.2 Å². The van der Waals surface area contributed by atoms with Gasteiger partial charge in [-0.05, 0) is 13.8 Å². The van der Waals surface area contributed by atoms with Gasteiger partial charge in [-0.3, -0.25) is 4.98 Å². The number of carbonyl (C=O) groups is 1. The Kier molecular flexibility index (Phi) is 2.92.